The largest absolute Gasteiger partial charge is 0.377 e. The number of piperidine rings is 2. The van der Waals surface area contributed by atoms with E-state index in [1.165, 1.54) is 70.4 Å². The molecular formula is C18H30N4O. The molecule has 0 saturated carbocycles. The maximum Gasteiger partial charge on any atom is 0.0702 e. The molecule has 0 aromatic carbocycles. The number of likely N-dealkylation sites (tertiary alicyclic amines) is 2. The Balaban J connectivity index is 1.28. The van der Waals surface area contributed by atoms with Crippen molar-refractivity contribution in [2.45, 2.75) is 51.2 Å². The van der Waals surface area contributed by atoms with Crippen LogP contribution in [0.25, 0.3) is 0 Å². The van der Waals surface area contributed by atoms with Gasteiger partial charge in [0.2, 0.25) is 0 Å². The van der Waals surface area contributed by atoms with Crippen molar-refractivity contribution in [3.05, 3.63) is 18.0 Å². The second-order valence-corrected chi connectivity index (χ2v) is 7.83. The molecule has 1 unspecified atom stereocenters. The average Bonchev–Trinajstić information content (AvgIpc) is 3.24. The van der Waals surface area contributed by atoms with Crippen LogP contribution < -0.4 is 0 Å². The summed E-state index contributed by atoms with van der Waals surface area (Å²) in [5, 5.41) is 7.19. The monoisotopic (exact) mass is 318 g/mol. The van der Waals surface area contributed by atoms with Crippen LogP contribution >= 0.6 is 0 Å². The van der Waals surface area contributed by atoms with Gasteiger partial charge in [0, 0.05) is 38.1 Å². The third kappa shape index (κ3) is 3.78. The van der Waals surface area contributed by atoms with Gasteiger partial charge in [-0.05, 0) is 69.6 Å². The molecule has 1 atom stereocenters. The van der Waals surface area contributed by atoms with E-state index in [1.807, 2.05) is 6.20 Å². The zero-order chi connectivity index (χ0) is 15.5. The summed E-state index contributed by atoms with van der Waals surface area (Å²) in [6.45, 7) is 8.19. The fourth-order valence-electron chi connectivity index (χ4n) is 4.75. The first kappa shape index (κ1) is 15.6. The molecular weight excluding hydrogens is 288 g/mol. The van der Waals surface area contributed by atoms with Gasteiger partial charge in [-0.15, -0.1) is 0 Å². The summed E-state index contributed by atoms with van der Waals surface area (Å²) in [7, 11) is 0. The molecule has 0 aliphatic carbocycles. The Morgan fingerprint density at radius 3 is 2.83 bits per heavy atom. The Morgan fingerprint density at radius 2 is 2.09 bits per heavy atom. The molecule has 1 aromatic heterocycles. The number of hydrogen-bond acceptors (Lipinski definition) is 4. The van der Waals surface area contributed by atoms with Gasteiger partial charge >= 0.3 is 0 Å². The number of H-pyrrole nitrogens is 1. The van der Waals surface area contributed by atoms with Gasteiger partial charge < -0.3 is 9.64 Å². The number of nitrogens with one attached hydrogen (secondary N) is 1. The molecule has 1 aromatic rings. The number of ether oxygens (including phenoxy) is 1. The van der Waals surface area contributed by atoms with E-state index in [4.69, 9.17) is 4.74 Å². The number of rotatable bonds is 4. The van der Waals surface area contributed by atoms with Gasteiger partial charge in [0.25, 0.3) is 0 Å². The maximum absolute atomic E-state index is 5.81. The molecule has 0 radical (unpaired) electrons. The highest BCUT2D eigenvalue weighted by molar-refractivity contribution is 4.99. The molecule has 3 saturated heterocycles. The van der Waals surface area contributed by atoms with E-state index in [2.05, 4.69) is 26.1 Å². The van der Waals surface area contributed by atoms with E-state index >= 15 is 0 Å². The molecule has 0 bridgehead atoms. The molecule has 0 amide bonds. The van der Waals surface area contributed by atoms with Crippen molar-refractivity contribution in [2.24, 2.45) is 5.41 Å². The van der Waals surface area contributed by atoms with Crippen molar-refractivity contribution in [3.8, 4) is 0 Å². The zero-order valence-electron chi connectivity index (χ0n) is 14.2. The van der Waals surface area contributed by atoms with E-state index in [0.29, 0.717) is 11.5 Å². The summed E-state index contributed by atoms with van der Waals surface area (Å²) in [4.78, 5) is 5.28. The van der Waals surface area contributed by atoms with E-state index in [0.717, 1.165) is 19.7 Å². The number of aromatic amines is 1. The number of nitrogens with zero attached hydrogens (tertiary/aromatic N) is 3. The van der Waals surface area contributed by atoms with Crippen molar-refractivity contribution >= 4 is 0 Å². The molecule has 4 heterocycles. The smallest absolute Gasteiger partial charge is 0.0702 e. The molecule has 3 aliphatic heterocycles. The molecule has 128 valence electrons. The predicted octanol–water partition coefficient (Wildman–Crippen LogP) is 2.27. The number of hydrogen-bond donors (Lipinski definition) is 1. The lowest BCUT2D eigenvalue weighted by Gasteiger charge is -2.48. The van der Waals surface area contributed by atoms with Crippen LogP contribution in [-0.4, -0.2) is 65.4 Å². The summed E-state index contributed by atoms with van der Waals surface area (Å²) < 4.78 is 5.81. The lowest BCUT2D eigenvalue weighted by molar-refractivity contribution is 0.00199. The fourth-order valence-corrected chi connectivity index (χ4v) is 4.75. The Hall–Kier alpha value is -0.910. The molecule has 5 nitrogen and oxygen atoms in total. The Labute approximate surface area is 139 Å². The van der Waals surface area contributed by atoms with Gasteiger partial charge in [-0.1, -0.05) is 0 Å². The van der Waals surface area contributed by atoms with Crippen LogP contribution in [-0.2, 0) is 11.3 Å². The average molecular weight is 318 g/mol. The van der Waals surface area contributed by atoms with Gasteiger partial charge in [-0.2, -0.15) is 5.10 Å². The van der Waals surface area contributed by atoms with Crippen LogP contribution in [0.15, 0.2) is 12.3 Å². The van der Waals surface area contributed by atoms with Gasteiger partial charge in [0.05, 0.1) is 6.10 Å². The van der Waals surface area contributed by atoms with Crippen LogP contribution in [0.1, 0.15) is 44.2 Å². The van der Waals surface area contributed by atoms with Crippen molar-refractivity contribution in [2.75, 3.05) is 39.3 Å². The maximum atomic E-state index is 5.81. The Kier molecular flexibility index (Phi) is 4.69. The molecule has 3 fully saturated rings. The van der Waals surface area contributed by atoms with Gasteiger partial charge in [0.15, 0.2) is 0 Å². The van der Waals surface area contributed by atoms with E-state index in [-0.39, 0.29) is 0 Å². The first-order valence-electron chi connectivity index (χ1n) is 9.36. The SMILES string of the molecule is c1cc(CN2CCCC3(CCN(CC4CCCO4)CC3)C2)[nH]n1. The predicted molar refractivity (Wildman–Crippen MR) is 90.2 cm³/mol. The third-order valence-electron chi connectivity index (χ3n) is 6.10. The summed E-state index contributed by atoms with van der Waals surface area (Å²) in [5.74, 6) is 0. The minimum atomic E-state index is 0.507. The van der Waals surface area contributed by atoms with Crippen LogP contribution in [0.2, 0.25) is 0 Å². The van der Waals surface area contributed by atoms with Crippen molar-refractivity contribution in [1.82, 2.24) is 20.0 Å². The summed E-state index contributed by atoms with van der Waals surface area (Å²) in [6.07, 6.45) is 10.4. The van der Waals surface area contributed by atoms with E-state index in [1.54, 1.807) is 0 Å². The highest BCUT2D eigenvalue weighted by atomic mass is 16.5. The van der Waals surface area contributed by atoms with Crippen molar-refractivity contribution in [1.29, 1.82) is 0 Å². The standard InChI is InChI=1S/C18H30N4O/c1-3-17(23-12-1)14-21-10-6-18(7-11-21)5-2-9-22(15-18)13-16-4-8-19-20-16/h4,8,17H,1-3,5-7,9-15H2,(H,19,20). The van der Waals surface area contributed by atoms with Crippen molar-refractivity contribution in [3.63, 3.8) is 0 Å². The Morgan fingerprint density at radius 1 is 1.17 bits per heavy atom. The van der Waals surface area contributed by atoms with Crippen LogP contribution in [0.5, 0.6) is 0 Å². The summed E-state index contributed by atoms with van der Waals surface area (Å²) >= 11 is 0. The topological polar surface area (TPSA) is 44.4 Å². The first-order chi connectivity index (χ1) is 11.3. The highest BCUT2D eigenvalue weighted by Crippen LogP contribution is 2.40. The molecule has 3 aliphatic rings. The normalized spacial score (nSPS) is 29.3. The van der Waals surface area contributed by atoms with E-state index in [9.17, 15) is 0 Å². The lowest BCUT2D eigenvalue weighted by Crippen LogP contribution is -2.50. The molecule has 1 N–H and O–H groups in total. The van der Waals surface area contributed by atoms with Gasteiger partial charge in [-0.3, -0.25) is 10.00 Å². The van der Waals surface area contributed by atoms with Crippen LogP contribution in [0, 0.1) is 5.41 Å². The second kappa shape index (κ2) is 6.91. The summed E-state index contributed by atoms with van der Waals surface area (Å²) in [5.41, 5.74) is 1.81. The second-order valence-electron chi connectivity index (χ2n) is 7.83. The lowest BCUT2D eigenvalue weighted by atomic mass is 9.72. The van der Waals surface area contributed by atoms with Gasteiger partial charge in [-0.25, -0.2) is 0 Å². The number of aromatic nitrogens is 2. The van der Waals surface area contributed by atoms with Crippen LogP contribution in [0.4, 0.5) is 0 Å². The van der Waals surface area contributed by atoms with Crippen molar-refractivity contribution < 1.29 is 4.74 Å². The highest BCUT2D eigenvalue weighted by Gasteiger charge is 2.38. The third-order valence-corrected chi connectivity index (χ3v) is 6.10. The minimum absolute atomic E-state index is 0.507. The van der Waals surface area contributed by atoms with Gasteiger partial charge in [0.1, 0.15) is 0 Å². The van der Waals surface area contributed by atoms with E-state index < -0.39 is 0 Å². The minimum Gasteiger partial charge on any atom is -0.377 e. The zero-order valence-corrected chi connectivity index (χ0v) is 14.2. The Bertz CT molecular complexity index is 475. The molecule has 5 heteroatoms. The quantitative estimate of drug-likeness (QED) is 0.925. The molecule has 23 heavy (non-hydrogen) atoms. The molecule has 4 rings (SSSR count). The summed E-state index contributed by atoms with van der Waals surface area (Å²) in [6, 6.07) is 2.10. The molecule has 1 spiro atoms. The first-order valence-corrected chi connectivity index (χ1v) is 9.36. The fraction of sp³-hybridized carbons (Fsp3) is 0.833. The van der Waals surface area contributed by atoms with Crippen LogP contribution in [0.3, 0.4) is 0 Å².